The van der Waals surface area contributed by atoms with Crippen molar-refractivity contribution in [2.75, 3.05) is 13.1 Å². The molecule has 1 unspecified atom stereocenters. The van der Waals surface area contributed by atoms with Gasteiger partial charge in [-0.25, -0.2) is 0 Å². The van der Waals surface area contributed by atoms with Crippen molar-refractivity contribution < 1.29 is 0 Å². The van der Waals surface area contributed by atoms with E-state index in [9.17, 15) is 0 Å². The Labute approximate surface area is 55.9 Å². The van der Waals surface area contributed by atoms with E-state index in [1.807, 2.05) is 12.2 Å². The average Bonchev–Trinajstić information content (AvgIpc) is 1.85. The van der Waals surface area contributed by atoms with Crippen LogP contribution in [-0.4, -0.2) is 19.1 Å². The summed E-state index contributed by atoms with van der Waals surface area (Å²) in [5, 5.41) is 0. The zero-order valence-corrected chi connectivity index (χ0v) is 5.59. The molecule has 1 atom stereocenters. The molecule has 3 heteroatoms. The fourth-order valence-corrected chi connectivity index (χ4v) is 0.542. The molecule has 0 aromatic carbocycles. The van der Waals surface area contributed by atoms with Crippen molar-refractivity contribution >= 4 is 0 Å². The van der Waals surface area contributed by atoms with Crippen molar-refractivity contribution in [3.8, 4) is 0 Å². The van der Waals surface area contributed by atoms with Gasteiger partial charge in [-0.05, 0) is 13.0 Å². The lowest BCUT2D eigenvalue weighted by Crippen LogP contribution is -2.21. The van der Waals surface area contributed by atoms with E-state index in [0.29, 0.717) is 13.1 Å². The topological polar surface area (TPSA) is 78.1 Å². The van der Waals surface area contributed by atoms with Crippen LogP contribution in [0.3, 0.4) is 0 Å². The molecule has 0 aliphatic rings. The first-order valence-corrected chi connectivity index (χ1v) is 3.13. The molecule has 0 spiro atoms. The Balaban J connectivity index is 3.25. The molecule has 0 fully saturated rings. The van der Waals surface area contributed by atoms with Crippen LogP contribution in [0.1, 0.15) is 6.42 Å². The zero-order chi connectivity index (χ0) is 7.11. The molecule has 0 amide bonds. The monoisotopic (exact) mass is 129 g/mol. The van der Waals surface area contributed by atoms with E-state index in [0.717, 1.165) is 6.42 Å². The van der Waals surface area contributed by atoms with Gasteiger partial charge >= 0.3 is 0 Å². The summed E-state index contributed by atoms with van der Waals surface area (Å²) in [4.78, 5) is 0. The highest BCUT2D eigenvalue weighted by molar-refractivity contribution is 4.91. The molecule has 0 aliphatic heterocycles. The molecule has 9 heavy (non-hydrogen) atoms. The van der Waals surface area contributed by atoms with Crippen LogP contribution < -0.4 is 17.2 Å². The molecule has 3 nitrogen and oxygen atoms in total. The number of hydrogen-bond donors (Lipinski definition) is 3. The molecule has 6 N–H and O–H groups in total. The third kappa shape index (κ3) is 5.49. The van der Waals surface area contributed by atoms with Crippen LogP contribution in [0.4, 0.5) is 0 Å². The molecule has 54 valence electrons. The standard InChI is InChI=1S/C6H15N3/c7-4-1-2-6(9)3-5-8/h1-2,6H,3-5,7-9H2. The van der Waals surface area contributed by atoms with Gasteiger partial charge in [0.05, 0.1) is 0 Å². The highest BCUT2D eigenvalue weighted by atomic mass is 14.6. The largest absolute Gasteiger partial charge is 0.330 e. The molecule has 0 aromatic heterocycles. The minimum atomic E-state index is 0.0820. The van der Waals surface area contributed by atoms with E-state index < -0.39 is 0 Å². The van der Waals surface area contributed by atoms with Crippen molar-refractivity contribution in [1.29, 1.82) is 0 Å². The van der Waals surface area contributed by atoms with Gasteiger partial charge in [-0.3, -0.25) is 0 Å². The Bertz CT molecular complexity index is 80.4. The zero-order valence-electron chi connectivity index (χ0n) is 5.59. The Morgan fingerprint density at radius 3 is 2.44 bits per heavy atom. The van der Waals surface area contributed by atoms with E-state index in [2.05, 4.69) is 0 Å². The van der Waals surface area contributed by atoms with Crippen LogP contribution in [0.25, 0.3) is 0 Å². The molecule has 0 aliphatic carbocycles. The Hall–Kier alpha value is -0.380. The van der Waals surface area contributed by atoms with Gasteiger partial charge < -0.3 is 17.2 Å². The maximum Gasteiger partial charge on any atom is 0.0236 e. The molecule has 0 rings (SSSR count). The number of hydrogen-bond acceptors (Lipinski definition) is 3. The van der Waals surface area contributed by atoms with Gasteiger partial charge in [0.25, 0.3) is 0 Å². The first kappa shape index (κ1) is 8.62. The van der Waals surface area contributed by atoms with Gasteiger partial charge in [0.15, 0.2) is 0 Å². The predicted molar refractivity (Wildman–Crippen MR) is 39.8 cm³/mol. The minimum Gasteiger partial charge on any atom is -0.330 e. The quantitative estimate of drug-likeness (QED) is 0.434. The molecule has 0 heterocycles. The second-order valence-corrected chi connectivity index (χ2v) is 1.91. The lowest BCUT2D eigenvalue weighted by atomic mass is 10.2. The first-order chi connectivity index (χ1) is 4.31. The third-order valence-corrected chi connectivity index (χ3v) is 1.02. The van der Waals surface area contributed by atoms with Crippen molar-refractivity contribution in [3.05, 3.63) is 12.2 Å². The maximum absolute atomic E-state index is 5.55. The SMILES string of the molecule is NCC=CC(N)CCN. The van der Waals surface area contributed by atoms with E-state index >= 15 is 0 Å². The van der Waals surface area contributed by atoms with Gasteiger partial charge in [0, 0.05) is 12.6 Å². The van der Waals surface area contributed by atoms with Crippen LogP contribution in [0, 0.1) is 0 Å². The summed E-state index contributed by atoms with van der Waals surface area (Å²) in [6.45, 7) is 1.19. The highest BCUT2D eigenvalue weighted by Gasteiger charge is 1.91. The smallest absolute Gasteiger partial charge is 0.0236 e. The van der Waals surface area contributed by atoms with Crippen molar-refractivity contribution in [2.45, 2.75) is 12.5 Å². The summed E-state index contributed by atoms with van der Waals surface area (Å²) < 4.78 is 0. The first-order valence-electron chi connectivity index (χ1n) is 3.13. The fourth-order valence-electron chi connectivity index (χ4n) is 0.542. The van der Waals surface area contributed by atoms with Crippen molar-refractivity contribution in [1.82, 2.24) is 0 Å². The summed E-state index contributed by atoms with van der Waals surface area (Å²) in [6, 6.07) is 0.0820. The Morgan fingerprint density at radius 1 is 1.33 bits per heavy atom. The van der Waals surface area contributed by atoms with E-state index in [1.54, 1.807) is 0 Å². The van der Waals surface area contributed by atoms with Crippen LogP contribution in [0.15, 0.2) is 12.2 Å². The fraction of sp³-hybridized carbons (Fsp3) is 0.667. The summed E-state index contributed by atoms with van der Waals surface area (Å²) in [5.41, 5.74) is 16.0. The summed E-state index contributed by atoms with van der Waals surface area (Å²) in [6.07, 6.45) is 4.56. The van der Waals surface area contributed by atoms with Crippen LogP contribution in [0.5, 0.6) is 0 Å². The predicted octanol–water partition coefficient (Wildman–Crippen LogP) is -0.823. The summed E-state index contributed by atoms with van der Waals surface area (Å²) in [7, 11) is 0. The van der Waals surface area contributed by atoms with E-state index in [4.69, 9.17) is 17.2 Å². The van der Waals surface area contributed by atoms with Gasteiger partial charge in [-0.2, -0.15) is 0 Å². The van der Waals surface area contributed by atoms with Crippen LogP contribution >= 0.6 is 0 Å². The molecule has 0 saturated heterocycles. The second kappa shape index (κ2) is 5.75. The molecule has 0 saturated carbocycles. The lowest BCUT2D eigenvalue weighted by Gasteiger charge is -2.01. The second-order valence-electron chi connectivity index (χ2n) is 1.91. The van der Waals surface area contributed by atoms with Crippen molar-refractivity contribution in [2.24, 2.45) is 17.2 Å². The van der Waals surface area contributed by atoms with Gasteiger partial charge in [0.2, 0.25) is 0 Å². The maximum atomic E-state index is 5.55. The van der Waals surface area contributed by atoms with E-state index in [1.165, 1.54) is 0 Å². The van der Waals surface area contributed by atoms with Gasteiger partial charge in [0.1, 0.15) is 0 Å². The third-order valence-electron chi connectivity index (χ3n) is 1.02. The lowest BCUT2D eigenvalue weighted by molar-refractivity contribution is 0.730. The van der Waals surface area contributed by atoms with E-state index in [-0.39, 0.29) is 6.04 Å². The molecule has 0 radical (unpaired) electrons. The number of rotatable bonds is 4. The van der Waals surface area contributed by atoms with Gasteiger partial charge in [-0.15, -0.1) is 0 Å². The molecular formula is C6H15N3. The molecule has 0 aromatic rings. The Kier molecular flexibility index (Phi) is 5.51. The normalized spacial score (nSPS) is 14.6. The highest BCUT2D eigenvalue weighted by Crippen LogP contribution is 1.85. The number of nitrogens with two attached hydrogens (primary N) is 3. The average molecular weight is 129 g/mol. The van der Waals surface area contributed by atoms with Gasteiger partial charge in [-0.1, -0.05) is 12.2 Å². The van der Waals surface area contributed by atoms with Crippen LogP contribution in [-0.2, 0) is 0 Å². The Morgan fingerprint density at radius 2 is 2.00 bits per heavy atom. The summed E-state index contributed by atoms with van der Waals surface area (Å²) >= 11 is 0. The molecule has 0 bridgehead atoms. The minimum absolute atomic E-state index is 0.0820. The van der Waals surface area contributed by atoms with Crippen LogP contribution in [0.2, 0.25) is 0 Å². The molecular weight excluding hydrogens is 114 g/mol. The summed E-state index contributed by atoms with van der Waals surface area (Å²) in [5.74, 6) is 0. The van der Waals surface area contributed by atoms with Crippen molar-refractivity contribution in [3.63, 3.8) is 0 Å².